The van der Waals surface area contributed by atoms with Gasteiger partial charge < -0.3 is 24.9 Å². The average molecular weight is 467 g/mol. The summed E-state index contributed by atoms with van der Waals surface area (Å²) in [4.78, 5) is 22.8. The standard InChI is InChI=1S/C23H24FN6O4/c1-12-8-15-16(29-12)6-7-17(19(15)24)33-21-20-13(2)18(9-30(20)28-11-27-21)32-10-23(4,26-5)34-22(31)14(3)25/h5-9,11,14,29H,10,25H2,1-4H3/q+1/t14-,23+/m0/s1. The number of hydrogen-bond acceptors (Lipinski definition) is 7. The Hall–Kier alpha value is -4.17. The Morgan fingerprint density at radius 2 is 2.15 bits per heavy atom. The summed E-state index contributed by atoms with van der Waals surface area (Å²) >= 11 is 0. The van der Waals surface area contributed by atoms with Crippen LogP contribution in [0.25, 0.3) is 21.3 Å². The van der Waals surface area contributed by atoms with Gasteiger partial charge >= 0.3 is 11.7 Å². The molecule has 1 aromatic carbocycles. The first-order valence-corrected chi connectivity index (χ1v) is 10.4. The van der Waals surface area contributed by atoms with Gasteiger partial charge in [-0.1, -0.05) is 0 Å². The number of benzene rings is 1. The molecule has 0 amide bonds. The lowest BCUT2D eigenvalue weighted by Crippen LogP contribution is -2.40. The van der Waals surface area contributed by atoms with Gasteiger partial charge in [-0.15, -0.1) is 0 Å². The lowest BCUT2D eigenvalue weighted by molar-refractivity contribution is -0.157. The summed E-state index contributed by atoms with van der Waals surface area (Å²) in [6.07, 6.45) is 2.88. The number of H-pyrrole nitrogens is 1. The van der Waals surface area contributed by atoms with Crippen molar-refractivity contribution < 1.29 is 23.4 Å². The van der Waals surface area contributed by atoms with Crippen LogP contribution in [0.5, 0.6) is 17.4 Å². The number of halogens is 1. The van der Waals surface area contributed by atoms with Crippen molar-refractivity contribution in [3.05, 3.63) is 52.6 Å². The van der Waals surface area contributed by atoms with Gasteiger partial charge in [0.15, 0.2) is 11.6 Å². The zero-order valence-corrected chi connectivity index (χ0v) is 19.1. The van der Waals surface area contributed by atoms with Crippen molar-refractivity contribution >= 4 is 22.4 Å². The number of aromatic amines is 1. The highest BCUT2D eigenvalue weighted by Crippen LogP contribution is 2.35. The molecule has 0 saturated carbocycles. The molecule has 3 aromatic heterocycles. The van der Waals surface area contributed by atoms with Gasteiger partial charge in [0.25, 0.3) is 6.57 Å². The summed E-state index contributed by atoms with van der Waals surface area (Å²) in [6.45, 7) is 11.9. The number of rotatable bonds is 7. The van der Waals surface area contributed by atoms with E-state index in [0.29, 0.717) is 27.7 Å². The van der Waals surface area contributed by atoms with E-state index in [4.69, 9.17) is 26.5 Å². The number of carbonyl (C=O) groups is 1. The molecule has 0 aliphatic heterocycles. The second-order valence-electron chi connectivity index (χ2n) is 8.17. The van der Waals surface area contributed by atoms with Gasteiger partial charge in [-0.3, -0.25) is 4.79 Å². The van der Waals surface area contributed by atoms with Crippen molar-refractivity contribution in [2.75, 3.05) is 6.61 Å². The van der Waals surface area contributed by atoms with Crippen LogP contribution in [0.4, 0.5) is 4.39 Å². The summed E-state index contributed by atoms with van der Waals surface area (Å²) in [5.74, 6) is -0.614. The lowest BCUT2D eigenvalue weighted by Gasteiger charge is -2.16. The van der Waals surface area contributed by atoms with Crippen LogP contribution in [0.1, 0.15) is 25.1 Å². The van der Waals surface area contributed by atoms with E-state index < -0.39 is 23.6 Å². The third-order valence-electron chi connectivity index (χ3n) is 5.25. The second-order valence-corrected chi connectivity index (χ2v) is 8.17. The highest BCUT2D eigenvalue weighted by Gasteiger charge is 2.41. The third kappa shape index (κ3) is 4.23. The first-order chi connectivity index (χ1) is 16.1. The second kappa shape index (κ2) is 8.64. The third-order valence-corrected chi connectivity index (χ3v) is 5.25. The molecular weight excluding hydrogens is 443 g/mol. The first kappa shape index (κ1) is 23.0. The number of ether oxygens (including phenoxy) is 3. The van der Waals surface area contributed by atoms with Crippen molar-refractivity contribution in [3.8, 4) is 24.0 Å². The molecule has 0 radical (unpaired) electrons. The number of hydrogen-bond donors (Lipinski definition) is 2. The largest absolute Gasteiger partial charge is 0.479 e. The molecule has 34 heavy (non-hydrogen) atoms. The molecule has 11 heteroatoms. The fourth-order valence-electron chi connectivity index (χ4n) is 3.41. The normalized spacial score (nSPS) is 13.9. The number of carbonyl (C=O) groups excluding carboxylic acids is 1. The Balaban J connectivity index is 1.62. The molecular formula is C23H24FN6O4+. The lowest BCUT2D eigenvalue weighted by atomic mass is 10.2. The predicted molar refractivity (Wildman–Crippen MR) is 123 cm³/mol. The average Bonchev–Trinajstić information content (AvgIpc) is 3.34. The molecule has 4 aromatic rings. The Morgan fingerprint density at radius 3 is 2.85 bits per heavy atom. The van der Waals surface area contributed by atoms with Crippen LogP contribution in [0, 0.1) is 26.2 Å². The molecule has 0 aliphatic rings. The van der Waals surface area contributed by atoms with Gasteiger partial charge in [0, 0.05) is 22.2 Å². The van der Waals surface area contributed by atoms with E-state index >= 15 is 4.39 Å². The van der Waals surface area contributed by atoms with E-state index in [1.54, 1.807) is 25.3 Å². The van der Waals surface area contributed by atoms with Crippen molar-refractivity contribution in [1.82, 2.24) is 19.6 Å². The van der Waals surface area contributed by atoms with E-state index in [0.717, 1.165) is 5.69 Å². The minimum absolute atomic E-state index is 0.0208. The summed E-state index contributed by atoms with van der Waals surface area (Å²) in [5.41, 5.74) is 6.69. The van der Waals surface area contributed by atoms with Gasteiger partial charge in [-0.25, -0.2) is 8.91 Å². The number of fused-ring (bicyclic) bond motifs is 2. The molecule has 0 spiro atoms. The Kier molecular flexibility index (Phi) is 5.85. The summed E-state index contributed by atoms with van der Waals surface area (Å²) in [7, 11) is 0. The van der Waals surface area contributed by atoms with Crippen LogP contribution < -0.4 is 15.2 Å². The maximum atomic E-state index is 15.0. The number of aromatic nitrogens is 4. The fourth-order valence-corrected chi connectivity index (χ4v) is 3.41. The number of esters is 1. The van der Waals surface area contributed by atoms with Crippen molar-refractivity contribution in [1.29, 1.82) is 0 Å². The van der Waals surface area contributed by atoms with Crippen LogP contribution in [-0.2, 0) is 9.53 Å². The molecule has 176 valence electrons. The van der Waals surface area contributed by atoms with Crippen molar-refractivity contribution in [2.45, 2.75) is 39.5 Å². The molecule has 0 aliphatic carbocycles. The van der Waals surface area contributed by atoms with Gasteiger partial charge in [0.1, 0.15) is 23.6 Å². The number of nitrogens with zero attached hydrogens (tertiary/aromatic N) is 4. The summed E-state index contributed by atoms with van der Waals surface area (Å²) < 4.78 is 33.5. The van der Waals surface area contributed by atoms with E-state index in [-0.39, 0.29) is 18.2 Å². The van der Waals surface area contributed by atoms with E-state index in [1.165, 1.54) is 30.8 Å². The smallest absolute Gasteiger partial charge is 0.454 e. The zero-order valence-electron chi connectivity index (χ0n) is 19.1. The summed E-state index contributed by atoms with van der Waals surface area (Å²) in [6, 6.07) is 4.13. The van der Waals surface area contributed by atoms with E-state index in [2.05, 4.69) is 19.9 Å². The van der Waals surface area contributed by atoms with Crippen LogP contribution >= 0.6 is 0 Å². The van der Waals surface area contributed by atoms with Gasteiger partial charge in [0.2, 0.25) is 12.5 Å². The van der Waals surface area contributed by atoms with Gasteiger partial charge in [-0.05, 0) is 43.8 Å². The quantitative estimate of drug-likeness (QED) is 0.398. The number of nitrogens with one attached hydrogen (secondary N) is 1. The molecule has 0 unspecified atom stereocenters. The Labute approximate surface area is 194 Å². The maximum absolute atomic E-state index is 15.0. The topological polar surface area (TPSA) is 121 Å². The summed E-state index contributed by atoms with van der Waals surface area (Å²) in [5, 5.41) is 4.59. The van der Waals surface area contributed by atoms with Gasteiger partial charge in [0.05, 0.1) is 13.1 Å². The number of aryl methyl sites for hydroxylation is 2. The molecule has 10 nitrogen and oxygen atoms in total. The van der Waals surface area contributed by atoms with Crippen molar-refractivity contribution in [2.24, 2.45) is 5.73 Å². The molecule has 0 saturated heterocycles. The molecule has 3 N–H and O–H groups in total. The molecule has 2 atom stereocenters. The molecule has 0 fully saturated rings. The van der Waals surface area contributed by atoms with Crippen molar-refractivity contribution in [3.63, 3.8) is 0 Å². The Bertz CT molecular complexity index is 1440. The maximum Gasteiger partial charge on any atom is 0.454 e. The first-order valence-electron chi connectivity index (χ1n) is 10.4. The zero-order chi connectivity index (χ0) is 24.6. The van der Waals surface area contributed by atoms with Crippen LogP contribution in [-0.4, -0.2) is 43.9 Å². The minimum atomic E-state index is -1.45. The fraction of sp³-hybridized carbons (Fsp3) is 0.304. The minimum Gasteiger partial charge on any atom is -0.479 e. The van der Waals surface area contributed by atoms with Crippen LogP contribution in [0.3, 0.4) is 0 Å². The molecule has 3 heterocycles. The Morgan fingerprint density at radius 1 is 1.38 bits per heavy atom. The number of nitrogens with two attached hydrogens (primary N) is 1. The monoisotopic (exact) mass is 467 g/mol. The highest BCUT2D eigenvalue weighted by molar-refractivity contribution is 5.83. The SMILES string of the molecule is C#[N+][C@@](C)(COc1cn2ncnc(Oc3ccc4[nH]c(C)cc4c3F)c2c1C)OC(=O)[C@H](C)N. The van der Waals surface area contributed by atoms with E-state index in [1.807, 2.05) is 6.92 Å². The van der Waals surface area contributed by atoms with E-state index in [9.17, 15) is 4.79 Å². The highest BCUT2D eigenvalue weighted by atomic mass is 19.1. The van der Waals surface area contributed by atoms with Gasteiger partial charge in [-0.2, -0.15) is 10.1 Å². The van der Waals surface area contributed by atoms with Crippen LogP contribution in [0.2, 0.25) is 0 Å². The predicted octanol–water partition coefficient (Wildman–Crippen LogP) is 3.71. The molecule has 0 bridgehead atoms. The molecule has 4 rings (SSSR count). The van der Waals surface area contributed by atoms with Crippen LogP contribution in [0.15, 0.2) is 30.7 Å².